The number of carbonyl (C=O) groups excluding carboxylic acids is 2. The number of carboxylic acid groups (broad SMARTS) is 1. The fourth-order valence-corrected chi connectivity index (χ4v) is 3.80. The molecule has 0 heterocycles. The van der Waals surface area contributed by atoms with E-state index in [1.165, 1.54) is 13.0 Å². The Morgan fingerprint density at radius 3 is 2.12 bits per heavy atom. The summed E-state index contributed by atoms with van der Waals surface area (Å²) in [4.78, 5) is 35.9. The van der Waals surface area contributed by atoms with E-state index in [9.17, 15) is 14.4 Å². The minimum absolute atomic E-state index is 0.0621. The third-order valence-corrected chi connectivity index (χ3v) is 5.59. The SMILES string of the molecule is C/C(=C\CNC(=O)[C@H](NC(=O)OCC1c2ccccc2-c2ccccc21)C(C)C)C(=O)O. The summed E-state index contributed by atoms with van der Waals surface area (Å²) < 4.78 is 5.52. The molecule has 0 radical (unpaired) electrons. The summed E-state index contributed by atoms with van der Waals surface area (Å²) in [5.74, 6) is -1.69. The molecule has 7 nitrogen and oxygen atoms in total. The van der Waals surface area contributed by atoms with Crippen LogP contribution in [0.3, 0.4) is 0 Å². The molecular formula is C25H28N2O5. The largest absolute Gasteiger partial charge is 0.478 e. The lowest BCUT2D eigenvalue weighted by Crippen LogP contribution is -2.50. The number of alkyl carbamates (subject to hydrolysis) is 1. The third kappa shape index (κ3) is 5.17. The number of nitrogens with one attached hydrogen (secondary N) is 2. The second-order valence-corrected chi connectivity index (χ2v) is 8.13. The van der Waals surface area contributed by atoms with Gasteiger partial charge in [-0.25, -0.2) is 9.59 Å². The minimum atomic E-state index is -1.04. The number of rotatable bonds is 8. The second kappa shape index (κ2) is 10.1. The van der Waals surface area contributed by atoms with E-state index in [1.54, 1.807) is 0 Å². The van der Waals surface area contributed by atoms with Crippen molar-refractivity contribution in [3.05, 3.63) is 71.3 Å². The number of aliphatic carboxylic acids is 1. The van der Waals surface area contributed by atoms with Crippen LogP contribution in [0.15, 0.2) is 60.2 Å². The Labute approximate surface area is 187 Å². The number of benzene rings is 2. The van der Waals surface area contributed by atoms with Crippen molar-refractivity contribution in [3.8, 4) is 11.1 Å². The number of hydrogen-bond donors (Lipinski definition) is 3. The van der Waals surface area contributed by atoms with Gasteiger partial charge in [0.2, 0.25) is 5.91 Å². The van der Waals surface area contributed by atoms with E-state index in [-0.39, 0.29) is 30.6 Å². The van der Waals surface area contributed by atoms with Crippen molar-refractivity contribution in [2.75, 3.05) is 13.2 Å². The highest BCUT2D eigenvalue weighted by atomic mass is 16.5. The quantitative estimate of drug-likeness (QED) is 0.548. The van der Waals surface area contributed by atoms with E-state index < -0.39 is 24.0 Å². The van der Waals surface area contributed by atoms with Crippen molar-refractivity contribution in [2.45, 2.75) is 32.7 Å². The van der Waals surface area contributed by atoms with Gasteiger partial charge in [-0.1, -0.05) is 68.5 Å². The highest BCUT2D eigenvalue weighted by molar-refractivity contribution is 5.87. The number of carbonyl (C=O) groups is 3. The summed E-state index contributed by atoms with van der Waals surface area (Å²) in [6.45, 7) is 5.29. The highest BCUT2D eigenvalue weighted by Gasteiger charge is 2.30. The first-order valence-corrected chi connectivity index (χ1v) is 10.6. The molecule has 1 aliphatic carbocycles. The Bertz CT molecular complexity index is 999. The summed E-state index contributed by atoms with van der Waals surface area (Å²) in [5.41, 5.74) is 4.64. The van der Waals surface area contributed by atoms with Crippen LogP contribution in [0, 0.1) is 5.92 Å². The molecule has 0 aliphatic heterocycles. The lowest BCUT2D eigenvalue weighted by atomic mass is 9.98. The fourth-order valence-electron chi connectivity index (χ4n) is 3.80. The molecule has 0 aromatic heterocycles. The van der Waals surface area contributed by atoms with Gasteiger partial charge in [-0.15, -0.1) is 0 Å². The first-order chi connectivity index (χ1) is 15.3. The predicted molar refractivity (Wildman–Crippen MR) is 121 cm³/mol. The van der Waals surface area contributed by atoms with Crippen LogP contribution >= 0.6 is 0 Å². The molecule has 0 fully saturated rings. The van der Waals surface area contributed by atoms with E-state index in [1.807, 2.05) is 50.2 Å². The van der Waals surface area contributed by atoms with Crippen molar-refractivity contribution >= 4 is 18.0 Å². The van der Waals surface area contributed by atoms with Gasteiger partial charge in [0.05, 0.1) is 0 Å². The summed E-state index contributed by atoms with van der Waals surface area (Å²) in [6, 6.07) is 15.3. The molecule has 0 bridgehead atoms. The Kier molecular flexibility index (Phi) is 7.30. The van der Waals surface area contributed by atoms with E-state index in [2.05, 4.69) is 22.8 Å². The van der Waals surface area contributed by atoms with Crippen molar-refractivity contribution in [1.82, 2.24) is 10.6 Å². The smallest absolute Gasteiger partial charge is 0.407 e. The standard InChI is InChI=1S/C25H28N2O5/c1-15(2)22(23(28)26-13-12-16(3)24(29)30)27-25(31)32-14-21-19-10-6-4-8-17(19)18-9-5-7-11-20(18)21/h4-12,15,21-22H,13-14H2,1-3H3,(H,26,28)(H,27,31)(H,29,30)/b16-12+/t22-/m1/s1. The van der Waals surface area contributed by atoms with E-state index >= 15 is 0 Å². The van der Waals surface area contributed by atoms with Gasteiger partial charge in [0.1, 0.15) is 12.6 Å². The molecule has 1 atom stereocenters. The van der Waals surface area contributed by atoms with Crippen LogP contribution in [0.25, 0.3) is 11.1 Å². The van der Waals surface area contributed by atoms with Crippen molar-refractivity contribution in [3.63, 3.8) is 0 Å². The zero-order chi connectivity index (χ0) is 23.3. The molecule has 0 saturated heterocycles. The molecule has 2 amide bonds. The maximum atomic E-state index is 12.5. The van der Waals surface area contributed by atoms with Gasteiger partial charge in [-0.05, 0) is 35.1 Å². The molecule has 2 aromatic carbocycles. The van der Waals surface area contributed by atoms with Crippen molar-refractivity contribution < 1.29 is 24.2 Å². The first kappa shape index (κ1) is 23.1. The van der Waals surface area contributed by atoms with Crippen molar-refractivity contribution in [2.24, 2.45) is 5.92 Å². The van der Waals surface area contributed by atoms with Gasteiger partial charge in [0.15, 0.2) is 0 Å². The Hall–Kier alpha value is -3.61. The number of ether oxygens (including phenoxy) is 1. The molecule has 3 N–H and O–H groups in total. The van der Waals surface area contributed by atoms with Crippen LogP contribution in [0.1, 0.15) is 37.8 Å². The van der Waals surface area contributed by atoms with Gasteiger partial charge in [0.25, 0.3) is 0 Å². The number of carboxylic acids is 1. The average molecular weight is 437 g/mol. The predicted octanol–water partition coefficient (Wildman–Crippen LogP) is 3.70. The summed E-state index contributed by atoms with van der Waals surface area (Å²) in [7, 11) is 0. The summed E-state index contributed by atoms with van der Waals surface area (Å²) in [5, 5.41) is 14.1. The molecule has 0 saturated carbocycles. The number of amides is 2. The van der Waals surface area contributed by atoms with Gasteiger partial charge in [-0.2, -0.15) is 0 Å². The molecule has 1 aliphatic rings. The van der Waals surface area contributed by atoms with Crippen molar-refractivity contribution in [1.29, 1.82) is 0 Å². The van der Waals surface area contributed by atoms with Gasteiger partial charge < -0.3 is 20.5 Å². The first-order valence-electron chi connectivity index (χ1n) is 10.6. The molecule has 0 spiro atoms. The molecule has 168 valence electrons. The molecular weight excluding hydrogens is 408 g/mol. The van der Waals surface area contributed by atoms with Crippen LogP contribution in [0.5, 0.6) is 0 Å². The zero-order valence-corrected chi connectivity index (χ0v) is 18.4. The van der Waals surface area contributed by atoms with Gasteiger partial charge in [0, 0.05) is 18.0 Å². The van der Waals surface area contributed by atoms with Gasteiger partial charge in [-0.3, -0.25) is 4.79 Å². The van der Waals surface area contributed by atoms with Crippen LogP contribution < -0.4 is 10.6 Å². The summed E-state index contributed by atoms with van der Waals surface area (Å²) in [6.07, 6.45) is 0.739. The van der Waals surface area contributed by atoms with Gasteiger partial charge >= 0.3 is 12.1 Å². The topological polar surface area (TPSA) is 105 Å². The Morgan fingerprint density at radius 1 is 1.03 bits per heavy atom. The highest BCUT2D eigenvalue weighted by Crippen LogP contribution is 2.44. The monoisotopic (exact) mass is 436 g/mol. The maximum Gasteiger partial charge on any atom is 0.407 e. The number of fused-ring (bicyclic) bond motifs is 3. The fraction of sp³-hybridized carbons (Fsp3) is 0.320. The minimum Gasteiger partial charge on any atom is -0.478 e. The van der Waals surface area contributed by atoms with E-state index in [0.29, 0.717) is 0 Å². The molecule has 0 unspecified atom stereocenters. The van der Waals surface area contributed by atoms with Crippen LogP contribution in [0.2, 0.25) is 0 Å². The van der Waals surface area contributed by atoms with E-state index in [0.717, 1.165) is 22.3 Å². The normalized spacial score (nSPS) is 13.8. The lowest BCUT2D eigenvalue weighted by molar-refractivity contribution is -0.132. The summed E-state index contributed by atoms with van der Waals surface area (Å²) >= 11 is 0. The van der Waals surface area contributed by atoms with E-state index in [4.69, 9.17) is 9.84 Å². The lowest BCUT2D eigenvalue weighted by Gasteiger charge is -2.22. The molecule has 3 rings (SSSR count). The Morgan fingerprint density at radius 2 is 1.59 bits per heavy atom. The number of hydrogen-bond acceptors (Lipinski definition) is 4. The zero-order valence-electron chi connectivity index (χ0n) is 18.4. The Balaban J connectivity index is 1.61. The van der Waals surface area contributed by atoms with Crippen LogP contribution in [-0.4, -0.2) is 42.3 Å². The molecule has 2 aromatic rings. The molecule has 32 heavy (non-hydrogen) atoms. The van der Waals surface area contributed by atoms with Crippen LogP contribution in [-0.2, 0) is 14.3 Å². The maximum absolute atomic E-state index is 12.5. The molecule has 7 heteroatoms. The second-order valence-electron chi connectivity index (χ2n) is 8.13. The van der Waals surface area contributed by atoms with Crippen LogP contribution in [0.4, 0.5) is 4.79 Å². The average Bonchev–Trinajstić information content (AvgIpc) is 3.09. The third-order valence-electron chi connectivity index (χ3n) is 5.59.